The van der Waals surface area contributed by atoms with Crippen molar-refractivity contribution in [1.82, 2.24) is 0 Å². The molecular weight excluding hydrogens is 258 g/mol. The van der Waals surface area contributed by atoms with E-state index in [1.54, 1.807) is 0 Å². The number of carbonyl (C=O) groups is 1. The van der Waals surface area contributed by atoms with E-state index in [1.807, 2.05) is 42.5 Å². The molecule has 2 aliphatic rings. The lowest BCUT2D eigenvalue weighted by molar-refractivity contribution is -0.118. The Hall–Kier alpha value is -1.80. The van der Waals surface area contributed by atoms with Gasteiger partial charge in [-0.2, -0.15) is 0 Å². The number of amides is 1. The van der Waals surface area contributed by atoms with E-state index < -0.39 is 0 Å². The van der Waals surface area contributed by atoms with E-state index in [9.17, 15) is 4.79 Å². The molecule has 0 radical (unpaired) electrons. The molecule has 2 nitrogen and oxygen atoms in total. The van der Waals surface area contributed by atoms with E-state index in [0.29, 0.717) is 0 Å². The van der Waals surface area contributed by atoms with Gasteiger partial charge in [-0.1, -0.05) is 41.9 Å². The van der Waals surface area contributed by atoms with Crippen LogP contribution in [0.1, 0.15) is 23.5 Å². The normalized spacial score (nSPS) is 27.2. The van der Waals surface area contributed by atoms with Crippen LogP contribution in [0.15, 0.2) is 48.5 Å². The number of halogens is 1. The fourth-order valence-corrected chi connectivity index (χ4v) is 3.37. The van der Waals surface area contributed by atoms with Gasteiger partial charge in [0.1, 0.15) is 0 Å². The molecule has 94 valence electrons. The summed E-state index contributed by atoms with van der Waals surface area (Å²) >= 11 is 5.92. The molecule has 1 aliphatic carbocycles. The molecular formula is C16H12ClNO. The number of carbonyl (C=O) groups excluding carboxylic acids is 1. The van der Waals surface area contributed by atoms with Crippen molar-refractivity contribution in [2.45, 2.75) is 17.8 Å². The lowest BCUT2D eigenvalue weighted by Gasteiger charge is -2.08. The van der Waals surface area contributed by atoms with Gasteiger partial charge >= 0.3 is 0 Å². The highest BCUT2D eigenvalue weighted by molar-refractivity contribution is 6.30. The smallest absolute Gasteiger partial charge is 0.235 e. The van der Waals surface area contributed by atoms with Crippen molar-refractivity contribution in [3.8, 4) is 0 Å². The van der Waals surface area contributed by atoms with Crippen LogP contribution in [-0.4, -0.2) is 5.91 Å². The summed E-state index contributed by atoms with van der Waals surface area (Å²) in [6.07, 6.45) is 0.886. The molecule has 0 unspecified atom stereocenters. The fraction of sp³-hybridized carbons (Fsp3) is 0.188. The number of rotatable bonds is 1. The van der Waals surface area contributed by atoms with Crippen LogP contribution >= 0.6 is 11.6 Å². The monoisotopic (exact) mass is 269 g/mol. The molecule has 1 saturated carbocycles. The van der Waals surface area contributed by atoms with Gasteiger partial charge in [-0.15, -0.1) is 0 Å². The van der Waals surface area contributed by atoms with Crippen LogP contribution in [0, 0.1) is 0 Å². The lowest BCUT2D eigenvalue weighted by atomic mass is 9.92. The molecule has 1 N–H and O–H groups in total. The van der Waals surface area contributed by atoms with E-state index in [2.05, 4.69) is 11.4 Å². The second-order valence-electron chi connectivity index (χ2n) is 5.28. The maximum absolute atomic E-state index is 12.3. The molecule has 0 bridgehead atoms. The van der Waals surface area contributed by atoms with Crippen molar-refractivity contribution in [2.24, 2.45) is 0 Å². The van der Waals surface area contributed by atoms with Crippen LogP contribution in [-0.2, 0) is 10.2 Å². The molecule has 19 heavy (non-hydrogen) atoms. The largest absolute Gasteiger partial charge is 0.325 e. The molecule has 1 fully saturated rings. The summed E-state index contributed by atoms with van der Waals surface area (Å²) in [5, 5.41) is 3.73. The van der Waals surface area contributed by atoms with Gasteiger partial charge in [0.2, 0.25) is 5.91 Å². The van der Waals surface area contributed by atoms with Crippen molar-refractivity contribution in [2.75, 3.05) is 5.32 Å². The Kier molecular flexibility index (Phi) is 2.10. The van der Waals surface area contributed by atoms with Gasteiger partial charge in [0.25, 0.3) is 0 Å². The summed E-state index contributed by atoms with van der Waals surface area (Å²) in [5.41, 5.74) is 2.95. The molecule has 1 aliphatic heterocycles. The summed E-state index contributed by atoms with van der Waals surface area (Å²) in [4.78, 5) is 12.3. The third kappa shape index (κ3) is 1.41. The van der Waals surface area contributed by atoms with E-state index in [1.165, 1.54) is 5.56 Å². The Balaban J connectivity index is 1.78. The summed E-state index contributed by atoms with van der Waals surface area (Å²) < 4.78 is 0. The highest BCUT2D eigenvalue weighted by Crippen LogP contribution is 2.64. The van der Waals surface area contributed by atoms with Crippen molar-refractivity contribution in [3.63, 3.8) is 0 Å². The average molecular weight is 270 g/mol. The highest BCUT2D eigenvalue weighted by atomic mass is 35.5. The van der Waals surface area contributed by atoms with Crippen LogP contribution in [0.3, 0.4) is 0 Å². The Morgan fingerprint density at radius 3 is 2.63 bits per heavy atom. The summed E-state index contributed by atoms with van der Waals surface area (Å²) in [6.45, 7) is 0. The standard InChI is InChI=1S/C16H12ClNO/c17-11-7-5-10(6-8-11)13-9-16(13)12-3-1-2-4-14(12)18-15(16)19/h1-8,13H,9H2,(H,18,19)/t13-,16+/m0/s1. The lowest BCUT2D eigenvalue weighted by Crippen LogP contribution is -2.20. The summed E-state index contributed by atoms with van der Waals surface area (Å²) in [5.74, 6) is 0.405. The first kappa shape index (κ1) is 11.1. The van der Waals surface area contributed by atoms with Crippen LogP contribution in [0.4, 0.5) is 5.69 Å². The van der Waals surface area contributed by atoms with E-state index in [4.69, 9.17) is 11.6 Å². The second-order valence-corrected chi connectivity index (χ2v) is 5.72. The van der Waals surface area contributed by atoms with Crippen LogP contribution in [0.2, 0.25) is 5.02 Å². The molecule has 0 saturated heterocycles. The van der Waals surface area contributed by atoms with Gasteiger partial charge < -0.3 is 5.32 Å². The maximum atomic E-state index is 12.3. The number of nitrogens with one attached hydrogen (secondary N) is 1. The summed E-state index contributed by atoms with van der Waals surface area (Å²) in [7, 11) is 0. The first-order chi connectivity index (χ1) is 9.22. The number of fused-ring (bicyclic) bond motifs is 2. The number of anilines is 1. The minimum Gasteiger partial charge on any atom is -0.325 e. The number of para-hydroxylation sites is 1. The third-order valence-corrected chi connectivity index (χ3v) is 4.55. The van der Waals surface area contributed by atoms with Crippen molar-refractivity contribution in [1.29, 1.82) is 0 Å². The van der Waals surface area contributed by atoms with Crippen LogP contribution in [0.5, 0.6) is 0 Å². The first-order valence-electron chi connectivity index (χ1n) is 6.38. The quantitative estimate of drug-likeness (QED) is 0.840. The molecule has 3 heteroatoms. The van der Waals surface area contributed by atoms with Gasteiger partial charge in [0, 0.05) is 16.6 Å². The Labute approximate surface area is 116 Å². The van der Waals surface area contributed by atoms with Crippen molar-refractivity contribution in [3.05, 3.63) is 64.7 Å². The zero-order valence-electron chi connectivity index (χ0n) is 10.2. The number of benzene rings is 2. The van der Waals surface area contributed by atoms with Gasteiger partial charge in [0.15, 0.2) is 0 Å². The number of hydrogen-bond donors (Lipinski definition) is 1. The van der Waals surface area contributed by atoms with Crippen LogP contribution in [0.25, 0.3) is 0 Å². The zero-order chi connectivity index (χ0) is 13.0. The molecule has 4 rings (SSSR count). The minimum atomic E-state index is -0.343. The van der Waals surface area contributed by atoms with Gasteiger partial charge in [-0.25, -0.2) is 0 Å². The molecule has 2 aromatic rings. The second kappa shape index (κ2) is 3.61. The minimum absolute atomic E-state index is 0.133. The van der Waals surface area contributed by atoms with Gasteiger partial charge in [-0.05, 0) is 35.7 Å². The first-order valence-corrected chi connectivity index (χ1v) is 6.76. The maximum Gasteiger partial charge on any atom is 0.235 e. The highest BCUT2D eigenvalue weighted by Gasteiger charge is 2.64. The SMILES string of the molecule is O=C1Nc2ccccc2[C@@]12C[C@H]2c1ccc(Cl)cc1. The Morgan fingerprint density at radius 2 is 1.84 bits per heavy atom. The third-order valence-electron chi connectivity index (χ3n) is 4.29. The molecule has 2 aromatic carbocycles. The predicted octanol–water partition coefficient (Wildman–Crippen LogP) is 3.72. The van der Waals surface area contributed by atoms with Crippen molar-refractivity contribution >= 4 is 23.2 Å². The van der Waals surface area contributed by atoms with E-state index in [0.717, 1.165) is 22.7 Å². The Morgan fingerprint density at radius 1 is 1.11 bits per heavy atom. The van der Waals surface area contributed by atoms with Crippen molar-refractivity contribution < 1.29 is 4.79 Å². The summed E-state index contributed by atoms with van der Waals surface area (Å²) in [6, 6.07) is 15.8. The topological polar surface area (TPSA) is 29.1 Å². The molecule has 0 aromatic heterocycles. The molecule has 1 heterocycles. The molecule has 1 amide bonds. The zero-order valence-corrected chi connectivity index (χ0v) is 10.9. The number of hydrogen-bond acceptors (Lipinski definition) is 1. The predicted molar refractivity (Wildman–Crippen MR) is 75.6 cm³/mol. The Bertz CT molecular complexity index is 679. The van der Waals surface area contributed by atoms with E-state index >= 15 is 0 Å². The molecule has 2 atom stereocenters. The fourth-order valence-electron chi connectivity index (χ4n) is 3.25. The molecule has 1 spiro atoms. The van der Waals surface area contributed by atoms with E-state index in [-0.39, 0.29) is 17.2 Å². The van der Waals surface area contributed by atoms with Gasteiger partial charge in [-0.3, -0.25) is 4.79 Å². The average Bonchev–Trinajstić information content (AvgIpc) is 3.10. The van der Waals surface area contributed by atoms with Gasteiger partial charge in [0.05, 0.1) is 5.41 Å². The van der Waals surface area contributed by atoms with Crippen LogP contribution < -0.4 is 5.32 Å².